The molecule has 0 spiro atoms. The van der Waals surface area contributed by atoms with Gasteiger partial charge in [-0.05, 0) is 24.5 Å². The average molecular weight is 175 g/mol. The summed E-state index contributed by atoms with van der Waals surface area (Å²) < 4.78 is 0. The summed E-state index contributed by atoms with van der Waals surface area (Å²) in [6, 6.07) is 4.03. The Kier molecular flexibility index (Phi) is 4.24. The molecule has 0 aliphatic carbocycles. The number of unbranched alkanes of at least 4 members (excludes halogenated alkanes) is 2. The number of rotatable bonds is 5. The summed E-state index contributed by atoms with van der Waals surface area (Å²) in [5.74, 6) is 0. The van der Waals surface area contributed by atoms with Gasteiger partial charge in [0.05, 0.1) is 0 Å². The van der Waals surface area contributed by atoms with E-state index in [0.29, 0.717) is 0 Å². The van der Waals surface area contributed by atoms with E-state index in [9.17, 15) is 0 Å². The molecule has 0 fully saturated rings. The van der Waals surface area contributed by atoms with Gasteiger partial charge in [-0.15, -0.1) is 0 Å². The lowest BCUT2D eigenvalue weighted by Gasteiger charge is -2.03. The maximum absolute atomic E-state index is 4.35. The molecule has 0 aliphatic rings. The quantitative estimate of drug-likeness (QED) is 0.624. The molecule has 0 saturated heterocycles. The molecule has 0 N–H and O–H groups in total. The van der Waals surface area contributed by atoms with Crippen LogP contribution in [0.1, 0.15) is 37.4 Å². The molecule has 1 rings (SSSR count). The van der Waals surface area contributed by atoms with Gasteiger partial charge in [0.15, 0.2) is 0 Å². The maximum Gasteiger partial charge on any atom is 0.0475 e. The number of nitrogens with zero attached hydrogens (tertiary/aromatic N) is 1. The van der Waals surface area contributed by atoms with Crippen LogP contribution in [-0.4, -0.2) is 4.98 Å². The Morgan fingerprint density at radius 1 is 1.46 bits per heavy atom. The highest BCUT2D eigenvalue weighted by molar-refractivity contribution is 5.49. The van der Waals surface area contributed by atoms with E-state index in [1.54, 1.807) is 0 Å². The summed E-state index contributed by atoms with van der Waals surface area (Å²) in [5.41, 5.74) is 2.37. The van der Waals surface area contributed by atoms with Crippen molar-refractivity contribution in [3.05, 3.63) is 36.2 Å². The lowest BCUT2D eigenvalue weighted by Crippen LogP contribution is -1.93. The summed E-state index contributed by atoms with van der Waals surface area (Å²) in [7, 11) is 0. The fraction of sp³-hybridized carbons (Fsp3) is 0.417. The first kappa shape index (κ1) is 9.97. The van der Waals surface area contributed by atoms with Crippen LogP contribution in [0, 0.1) is 0 Å². The normalized spacial score (nSPS) is 9.92. The Bertz CT molecular complexity index is 266. The van der Waals surface area contributed by atoms with Gasteiger partial charge in [0.2, 0.25) is 0 Å². The largest absolute Gasteiger partial charge is 0.261 e. The smallest absolute Gasteiger partial charge is 0.0475 e. The second-order valence-electron chi connectivity index (χ2n) is 3.20. The predicted molar refractivity (Wildman–Crippen MR) is 57.6 cm³/mol. The SMILES string of the molecule is C=Cc1cccnc1CCCCC. The van der Waals surface area contributed by atoms with E-state index < -0.39 is 0 Å². The van der Waals surface area contributed by atoms with Crippen LogP contribution in [0.4, 0.5) is 0 Å². The number of hydrogen-bond acceptors (Lipinski definition) is 1. The number of hydrogen-bond donors (Lipinski definition) is 0. The van der Waals surface area contributed by atoms with Gasteiger partial charge in [0.1, 0.15) is 0 Å². The van der Waals surface area contributed by atoms with E-state index >= 15 is 0 Å². The van der Waals surface area contributed by atoms with Gasteiger partial charge in [0, 0.05) is 11.9 Å². The molecule has 0 atom stereocenters. The summed E-state index contributed by atoms with van der Waals surface area (Å²) in [6.07, 6.45) is 8.59. The second kappa shape index (κ2) is 5.52. The van der Waals surface area contributed by atoms with Crippen molar-refractivity contribution in [2.75, 3.05) is 0 Å². The Morgan fingerprint density at radius 2 is 2.31 bits per heavy atom. The van der Waals surface area contributed by atoms with Crippen molar-refractivity contribution in [3.63, 3.8) is 0 Å². The highest BCUT2D eigenvalue weighted by Gasteiger charge is 1.98. The molecular formula is C12H17N. The molecule has 0 amide bonds. The number of aromatic nitrogens is 1. The van der Waals surface area contributed by atoms with Crippen LogP contribution in [-0.2, 0) is 6.42 Å². The van der Waals surface area contributed by atoms with Gasteiger partial charge in [-0.25, -0.2) is 0 Å². The Balaban J connectivity index is 2.59. The summed E-state index contributed by atoms with van der Waals surface area (Å²) in [6.45, 7) is 5.99. The molecule has 1 heterocycles. The zero-order chi connectivity index (χ0) is 9.52. The lowest BCUT2D eigenvalue weighted by molar-refractivity contribution is 0.706. The molecule has 0 aliphatic heterocycles. The average Bonchev–Trinajstić information content (AvgIpc) is 2.19. The van der Waals surface area contributed by atoms with E-state index in [-0.39, 0.29) is 0 Å². The highest BCUT2D eigenvalue weighted by Crippen LogP contribution is 2.10. The standard InChI is InChI=1S/C12H17N/c1-3-5-6-9-12-11(4-2)8-7-10-13-12/h4,7-8,10H,2-3,5-6,9H2,1H3. The third-order valence-corrected chi connectivity index (χ3v) is 2.16. The van der Waals surface area contributed by atoms with Crippen LogP contribution >= 0.6 is 0 Å². The van der Waals surface area contributed by atoms with Crippen LogP contribution in [0.15, 0.2) is 24.9 Å². The molecule has 70 valence electrons. The monoisotopic (exact) mass is 175 g/mol. The fourth-order valence-electron chi connectivity index (χ4n) is 1.39. The predicted octanol–water partition coefficient (Wildman–Crippen LogP) is 3.46. The first-order valence-corrected chi connectivity index (χ1v) is 4.94. The molecule has 1 heteroatoms. The van der Waals surface area contributed by atoms with Gasteiger partial charge in [-0.3, -0.25) is 4.98 Å². The molecule has 0 aromatic carbocycles. The van der Waals surface area contributed by atoms with E-state index in [1.807, 2.05) is 18.3 Å². The van der Waals surface area contributed by atoms with Crippen molar-refractivity contribution in [3.8, 4) is 0 Å². The van der Waals surface area contributed by atoms with Gasteiger partial charge >= 0.3 is 0 Å². The van der Waals surface area contributed by atoms with Crippen molar-refractivity contribution in [2.24, 2.45) is 0 Å². The van der Waals surface area contributed by atoms with E-state index in [2.05, 4.69) is 24.6 Å². The van der Waals surface area contributed by atoms with Crippen LogP contribution in [0.25, 0.3) is 6.08 Å². The maximum atomic E-state index is 4.35. The van der Waals surface area contributed by atoms with Crippen molar-refractivity contribution in [2.45, 2.75) is 32.6 Å². The summed E-state index contributed by atoms with van der Waals surface area (Å²) in [4.78, 5) is 4.35. The first-order valence-electron chi connectivity index (χ1n) is 4.94. The fourth-order valence-corrected chi connectivity index (χ4v) is 1.39. The minimum atomic E-state index is 1.08. The van der Waals surface area contributed by atoms with Crippen molar-refractivity contribution in [1.29, 1.82) is 0 Å². The molecule has 1 aromatic heterocycles. The van der Waals surface area contributed by atoms with Crippen LogP contribution in [0.5, 0.6) is 0 Å². The zero-order valence-electron chi connectivity index (χ0n) is 8.29. The van der Waals surface area contributed by atoms with E-state index in [4.69, 9.17) is 0 Å². The van der Waals surface area contributed by atoms with Crippen LogP contribution < -0.4 is 0 Å². The molecule has 0 bridgehead atoms. The third kappa shape index (κ3) is 3.02. The van der Waals surface area contributed by atoms with Gasteiger partial charge in [-0.1, -0.05) is 38.5 Å². The summed E-state index contributed by atoms with van der Waals surface area (Å²) in [5, 5.41) is 0. The highest BCUT2D eigenvalue weighted by atomic mass is 14.7. The van der Waals surface area contributed by atoms with E-state index in [0.717, 1.165) is 6.42 Å². The Morgan fingerprint density at radius 3 is 3.00 bits per heavy atom. The van der Waals surface area contributed by atoms with Gasteiger partial charge in [0.25, 0.3) is 0 Å². The minimum absolute atomic E-state index is 1.08. The lowest BCUT2D eigenvalue weighted by atomic mass is 10.1. The molecule has 1 aromatic rings. The third-order valence-electron chi connectivity index (χ3n) is 2.16. The van der Waals surface area contributed by atoms with Crippen LogP contribution in [0.3, 0.4) is 0 Å². The molecule has 0 saturated carbocycles. The minimum Gasteiger partial charge on any atom is -0.261 e. The van der Waals surface area contributed by atoms with E-state index in [1.165, 1.54) is 30.5 Å². The zero-order valence-corrected chi connectivity index (χ0v) is 8.29. The van der Waals surface area contributed by atoms with Gasteiger partial charge in [-0.2, -0.15) is 0 Å². The number of pyridine rings is 1. The van der Waals surface area contributed by atoms with Gasteiger partial charge < -0.3 is 0 Å². The Hall–Kier alpha value is -1.11. The number of aryl methyl sites for hydroxylation is 1. The summed E-state index contributed by atoms with van der Waals surface area (Å²) >= 11 is 0. The van der Waals surface area contributed by atoms with Crippen molar-refractivity contribution < 1.29 is 0 Å². The Labute approximate surface area is 80.5 Å². The van der Waals surface area contributed by atoms with Crippen LogP contribution in [0.2, 0.25) is 0 Å². The second-order valence-corrected chi connectivity index (χ2v) is 3.20. The molecular weight excluding hydrogens is 158 g/mol. The topological polar surface area (TPSA) is 12.9 Å². The van der Waals surface area contributed by atoms with Crippen molar-refractivity contribution >= 4 is 6.08 Å². The molecule has 0 unspecified atom stereocenters. The molecule has 13 heavy (non-hydrogen) atoms. The molecule has 1 nitrogen and oxygen atoms in total. The first-order chi connectivity index (χ1) is 6.38. The van der Waals surface area contributed by atoms with Crippen molar-refractivity contribution in [1.82, 2.24) is 4.98 Å². The molecule has 0 radical (unpaired) electrons.